The van der Waals surface area contributed by atoms with Crippen LogP contribution < -0.4 is 35.3 Å². The molecule has 2 rings (SSSR count). The van der Waals surface area contributed by atoms with Gasteiger partial charge in [0.2, 0.25) is 0 Å². The molecule has 0 fully saturated rings. The van der Waals surface area contributed by atoms with Gasteiger partial charge < -0.3 is 15.4 Å². The largest absolute Gasteiger partial charge is 1.00 e. The van der Waals surface area contributed by atoms with Crippen LogP contribution in [0, 0.1) is 0 Å². The number of aromatic hydroxyl groups is 1. The van der Waals surface area contributed by atoms with Gasteiger partial charge in [0.15, 0.2) is 0 Å². The predicted octanol–water partition coefficient (Wildman–Crippen LogP) is -2.18. The molecule has 2 aromatic carbocycles. The first-order chi connectivity index (χ1) is 10.0. The first-order valence-electron chi connectivity index (χ1n) is 5.59. The summed E-state index contributed by atoms with van der Waals surface area (Å²) in [6.07, 6.45) is 0. The average Bonchev–Trinajstić information content (AvgIpc) is 2.38. The monoisotopic (exact) mass is 369 g/mol. The van der Waals surface area contributed by atoms with Crippen LogP contribution >= 0.6 is 0 Å². The zero-order chi connectivity index (χ0) is 17.0. The molecule has 0 spiro atoms. The number of nitrogen functional groups attached to an aromatic ring is 1. The maximum atomic E-state index is 10.5. The van der Waals surface area contributed by atoms with Gasteiger partial charge in [0.05, 0.1) is 9.79 Å². The summed E-state index contributed by atoms with van der Waals surface area (Å²) in [7, 11) is -8.61. The SMILES string of the molecule is Nc1ccc(S(=O)(=O)O)cc1.O=S(=O)([O-])c1ccccc1O.[Na+]. The molecule has 8 nitrogen and oxygen atoms in total. The van der Waals surface area contributed by atoms with E-state index in [9.17, 15) is 21.4 Å². The molecule has 0 aliphatic heterocycles. The number of phenols is 1. The Labute approximate surface area is 155 Å². The minimum atomic E-state index is -4.53. The summed E-state index contributed by atoms with van der Waals surface area (Å²) in [5.74, 6) is -0.512. The van der Waals surface area contributed by atoms with E-state index in [4.69, 9.17) is 15.4 Å². The molecule has 23 heavy (non-hydrogen) atoms. The second kappa shape index (κ2) is 8.64. The van der Waals surface area contributed by atoms with Gasteiger partial charge in [-0.1, -0.05) is 12.1 Å². The Bertz CT molecular complexity index is 849. The number of benzene rings is 2. The van der Waals surface area contributed by atoms with Gasteiger partial charge >= 0.3 is 29.6 Å². The molecule has 4 N–H and O–H groups in total. The van der Waals surface area contributed by atoms with E-state index in [-0.39, 0.29) is 34.5 Å². The van der Waals surface area contributed by atoms with Gasteiger partial charge in [-0.25, -0.2) is 8.42 Å². The number of rotatable bonds is 2. The molecular formula is C12H12NNaO7S2. The number of phenolic OH excluding ortho intramolecular Hbond substituents is 1. The molecule has 0 atom stereocenters. The van der Waals surface area contributed by atoms with E-state index < -0.39 is 30.9 Å². The molecule has 120 valence electrons. The number of anilines is 1. The Hall–Kier alpha value is -1.14. The number of nitrogens with two attached hydrogens (primary N) is 1. The van der Waals surface area contributed by atoms with Gasteiger partial charge in [-0.15, -0.1) is 0 Å². The van der Waals surface area contributed by atoms with E-state index in [0.717, 1.165) is 12.1 Å². The summed E-state index contributed by atoms with van der Waals surface area (Å²) >= 11 is 0. The fourth-order valence-electron chi connectivity index (χ4n) is 1.31. The number of para-hydroxylation sites is 1. The van der Waals surface area contributed by atoms with Gasteiger partial charge in [-0.3, -0.25) is 4.55 Å². The Morgan fingerprint density at radius 2 is 1.39 bits per heavy atom. The van der Waals surface area contributed by atoms with E-state index in [2.05, 4.69) is 0 Å². The van der Waals surface area contributed by atoms with Crippen LogP contribution in [0.2, 0.25) is 0 Å². The molecule has 0 bridgehead atoms. The second-order valence-corrected chi connectivity index (χ2v) is 6.74. The minimum absolute atomic E-state index is 0. The standard InChI is InChI=1S/C6H7NO3S.C6H6O4S.Na/c7-5-1-3-6(4-2-5)11(8,9)10;7-5-3-1-2-4-6(5)11(8,9)10;/h1-4H,7H2,(H,8,9,10);1-4,7H,(H,8,9,10);/q;;+1/p-1. The van der Waals surface area contributed by atoms with Crippen molar-refractivity contribution >= 4 is 25.9 Å². The van der Waals surface area contributed by atoms with E-state index in [1.54, 1.807) is 0 Å². The summed E-state index contributed by atoms with van der Waals surface area (Å²) in [6.45, 7) is 0. The van der Waals surface area contributed by atoms with E-state index in [1.165, 1.54) is 36.4 Å². The van der Waals surface area contributed by atoms with Crippen molar-refractivity contribution in [1.29, 1.82) is 0 Å². The average molecular weight is 369 g/mol. The van der Waals surface area contributed by atoms with Crippen LogP contribution in [0.15, 0.2) is 58.3 Å². The van der Waals surface area contributed by atoms with E-state index in [0.29, 0.717) is 5.69 Å². The number of hydrogen-bond donors (Lipinski definition) is 3. The molecule has 0 saturated carbocycles. The zero-order valence-electron chi connectivity index (χ0n) is 11.9. The second-order valence-electron chi connectivity index (χ2n) is 3.97. The van der Waals surface area contributed by atoms with E-state index in [1.807, 2.05) is 0 Å². The molecule has 0 saturated heterocycles. The van der Waals surface area contributed by atoms with Crippen molar-refractivity contribution in [3.05, 3.63) is 48.5 Å². The van der Waals surface area contributed by atoms with Gasteiger partial charge in [0.1, 0.15) is 15.9 Å². The quantitative estimate of drug-likeness (QED) is 0.306. The topological polar surface area (TPSA) is 158 Å². The molecule has 0 amide bonds. The Kier molecular flexibility index (Phi) is 8.21. The van der Waals surface area contributed by atoms with Gasteiger partial charge in [0, 0.05) is 5.69 Å². The third-order valence-electron chi connectivity index (χ3n) is 2.31. The van der Waals surface area contributed by atoms with Gasteiger partial charge in [-0.05, 0) is 36.4 Å². The smallest absolute Gasteiger partial charge is 0.744 e. The zero-order valence-corrected chi connectivity index (χ0v) is 15.6. The fraction of sp³-hybridized carbons (Fsp3) is 0. The van der Waals surface area contributed by atoms with Crippen LogP contribution in [-0.2, 0) is 20.2 Å². The van der Waals surface area contributed by atoms with Crippen LogP contribution in [0.1, 0.15) is 0 Å². The van der Waals surface area contributed by atoms with Crippen LogP contribution in [0.4, 0.5) is 5.69 Å². The van der Waals surface area contributed by atoms with Gasteiger partial charge in [0.25, 0.3) is 10.1 Å². The molecule has 0 aliphatic rings. The molecular weight excluding hydrogens is 357 g/mol. The fourth-order valence-corrected chi connectivity index (χ4v) is 2.36. The summed E-state index contributed by atoms with van der Waals surface area (Å²) < 4.78 is 60.4. The molecule has 11 heteroatoms. The van der Waals surface area contributed by atoms with Crippen molar-refractivity contribution in [3.8, 4) is 5.75 Å². The van der Waals surface area contributed by atoms with Crippen molar-refractivity contribution in [2.24, 2.45) is 0 Å². The van der Waals surface area contributed by atoms with Crippen LogP contribution in [-0.4, -0.2) is 31.0 Å². The first kappa shape index (κ1) is 21.9. The maximum absolute atomic E-state index is 10.5. The minimum Gasteiger partial charge on any atom is -0.744 e. The summed E-state index contributed by atoms with van der Waals surface area (Å²) in [5, 5.41) is 8.87. The van der Waals surface area contributed by atoms with Crippen molar-refractivity contribution in [1.82, 2.24) is 0 Å². The van der Waals surface area contributed by atoms with Crippen molar-refractivity contribution in [2.45, 2.75) is 9.79 Å². The summed E-state index contributed by atoms with van der Waals surface area (Å²) in [4.78, 5) is -0.730. The Morgan fingerprint density at radius 3 is 1.74 bits per heavy atom. The Balaban J connectivity index is 0.000000403. The third-order valence-corrected chi connectivity index (χ3v) is 4.06. The molecule has 0 unspecified atom stereocenters. The summed E-state index contributed by atoms with van der Waals surface area (Å²) in [5.41, 5.74) is 5.75. The molecule has 0 aliphatic carbocycles. The normalized spacial score (nSPS) is 10.9. The third kappa shape index (κ3) is 7.31. The molecule has 0 heterocycles. The van der Waals surface area contributed by atoms with Crippen LogP contribution in [0.25, 0.3) is 0 Å². The molecule has 0 radical (unpaired) electrons. The maximum Gasteiger partial charge on any atom is 1.00 e. The van der Waals surface area contributed by atoms with Crippen LogP contribution in [0.5, 0.6) is 5.75 Å². The molecule has 0 aromatic heterocycles. The van der Waals surface area contributed by atoms with Gasteiger partial charge in [-0.2, -0.15) is 8.42 Å². The van der Waals surface area contributed by atoms with E-state index >= 15 is 0 Å². The van der Waals surface area contributed by atoms with Crippen molar-refractivity contribution < 1.29 is 60.6 Å². The Morgan fingerprint density at radius 1 is 0.913 bits per heavy atom. The summed E-state index contributed by atoms with van der Waals surface area (Å²) in [6, 6.07) is 10.3. The van der Waals surface area contributed by atoms with Crippen molar-refractivity contribution in [2.75, 3.05) is 5.73 Å². The molecule has 2 aromatic rings. The first-order valence-corrected chi connectivity index (χ1v) is 8.43. The van der Waals surface area contributed by atoms with Crippen molar-refractivity contribution in [3.63, 3.8) is 0 Å². The number of hydrogen-bond acceptors (Lipinski definition) is 7. The van der Waals surface area contributed by atoms with Crippen LogP contribution in [0.3, 0.4) is 0 Å². The predicted molar refractivity (Wildman–Crippen MR) is 76.7 cm³/mol.